The molecule has 62 heavy (non-hydrogen) atoms. The fourth-order valence-corrected chi connectivity index (χ4v) is 9.73. The van der Waals surface area contributed by atoms with E-state index in [2.05, 4.69) is 20.1 Å². The smallest absolute Gasteiger partial charge is 0.410 e. The summed E-state index contributed by atoms with van der Waals surface area (Å²) in [6.07, 6.45) is 6.75. The van der Waals surface area contributed by atoms with Crippen LogP contribution < -0.4 is 14.9 Å². The van der Waals surface area contributed by atoms with Gasteiger partial charge in [-0.1, -0.05) is 54.9 Å². The largest absolute Gasteiger partial charge is 0.481 e. The van der Waals surface area contributed by atoms with Crippen molar-refractivity contribution < 1.29 is 37.4 Å². The number of pyridine rings is 1. The Labute approximate surface area is 364 Å². The molecular weight excluding hydrogens is 833 g/mol. The molecule has 0 saturated heterocycles. The Kier molecular flexibility index (Phi) is 13.3. The maximum Gasteiger partial charge on any atom is 0.410 e. The number of nitrogens with one attached hydrogen (secondary N) is 2. The molecule has 18 heteroatoms. The number of ether oxygens (including phenoxy) is 1. The number of hydrogen-bond acceptors (Lipinski definition) is 12. The number of benzene rings is 2. The predicted molar refractivity (Wildman–Crippen MR) is 237 cm³/mol. The summed E-state index contributed by atoms with van der Waals surface area (Å²) in [5.41, 5.74) is 3.85. The average Bonchev–Trinajstić information content (AvgIpc) is 3.81. The van der Waals surface area contributed by atoms with E-state index in [0.717, 1.165) is 51.3 Å². The number of sulfonamides is 1. The monoisotopic (exact) mass is 884 g/mol. The number of aliphatic carboxylic acids is 1. The number of anilines is 2. The molecule has 1 aliphatic carbocycles. The first-order valence-electron chi connectivity index (χ1n) is 20.8. The van der Waals surface area contributed by atoms with E-state index in [1.54, 1.807) is 45.2 Å². The molecule has 1 saturated carbocycles. The van der Waals surface area contributed by atoms with Crippen LogP contribution in [0.5, 0.6) is 0 Å². The summed E-state index contributed by atoms with van der Waals surface area (Å²) in [4.78, 5) is 64.6. The Bertz CT molecular complexity index is 2560. The zero-order valence-corrected chi connectivity index (χ0v) is 37.0. The molecule has 3 N–H and O–H groups in total. The highest BCUT2D eigenvalue weighted by atomic mass is 32.2. The minimum Gasteiger partial charge on any atom is -0.481 e. The van der Waals surface area contributed by atoms with Crippen molar-refractivity contribution in [2.45, 2.75) is 91.3 Å². The van der Waals surface area contributed by atoms with Crippen LogP contribution in [0.15, 0.2) is 60.8 Å². The van der Waals surface area contributed by atoms with E-state index in [9.17, 15) is 32.7 Å². The molecule has 2 aromatic carbocycles. The van der Waals surface area contributed by atoms with Crippen LogP contribution in [-0.2, 0) is 39.1 Å². The Morgan fingerprint density at radius 1 is 0.952 bits per heavy atom. The van der Waals surface area contributed by atoms with E-state index in [4.69, 9.17) is 9.72 Å². The van der Waals surface area contributed by atoms with Crippen molar-refractivity contribution in [3.05, 3.63) is 88.9 Å². The van der Waals surface area contributed by atoms with Crippen LogP contribution in [0.2, 0.25) is 0 Å². The SMILES string of the molecule is Cc1c(-c2ccc(N3CCc4cccc(C(=O)Nc5nc6ccccc6s5)c4C3)nc2C(=O)NS(=O)(=O)CCN(CCC(=O)O)C(=O)OC(C)(C)C)cnn1CC1CCCCC1. The Morgan fingerprint density at radius 2 is 1.73 bits per heavy atom. The number of nitrogens with zero attached hydrogens (tertiary/aromatic N) is 6. The molecule has 0 spiro atoms. The highest BCUT2D eigenvalue weighted by molar-refractivity contribution is 7.90. The molecule has 5 aromatic rings. The van der Waals surface area contributed by atoms with Gasteiger partial charge >= 0.3 is 12.1 Å². The van der Waals surface area contributed by atoms with E-state index < -0.39 is 52.3 Å². The van der Waals surface area contributed by atoms with Crippen LogP contribution in [-0.4, -0.2) is 93.0 Å². The van der Waals surface area contributed by atoms with Crippen LogP contribution in [0.1, 0.15) is 97.0 Å². The van der Waals surface area contributed by atoms with Gasteiger partial charge < -0.3 is 19.6 Å². The molecular formula is C44H52N8O8S2. The van der Waals surface area contributed by atoms with Crippen molar-refractivity contribution >= 4 is 66.4 Å². The lowest BCUT2D eigenvalue weighted by Crippen LogP contribution is -2.43. The number of rotatable bonds is 14. The topological polar surface area (TPSA) is 206 Å². The molecule has 3 amide bonds. The van der Waals surface area contributed by atoms with E-state index in [0.29, 0.717) is 53.1 Å². The first kappa shape index (κ1) is 44.2. The summed E-state index contributed by atoms with van der Waals surface area (Å²) in [6.45, 7) is 7.64. The number of carbonyl (C=O) groups excluding carboxylic acids is 3. The van der Waals surface area contributed by atoms with Crippen molar-refractivity contribution in [2.24, 2.45) is 5.92 Å². The average molecular weight is 885 g/mol. The quantitative estimate of drug-likeness (QED) is 0.103. The van der Waals surface area contributed by atoms with Crippen LogP contribution in [0.25, 0.3) is 21.3 Å². The van der Waals surface area contributed by atoms with Crippen molar-refractivity contribution in [3.8, 4) is 11.1 Å². The summed E-state index contributed by atoms with van der Waals surface area (Å²) in [5.74, 6) is -2.29. The highest BCUT2D eigenvalue weighted by Gasteiger charge is 2.30. The third-order valence-electron chi connectivity index (χ3n) is 11.1. The number of fused-ring (bicyclic) bond motifs is 2. The van der Waals surface area contributed by atoms with E-state index >= 15 is 0 Å². The van der Waals surface area contributed by atoms with Gasteiger partial charge in [0.05, 0.1) is 28.6 Å². The molecule has 328 valence electrons. The number of hydrogen-bond donors (Lipinski definition) is 3. The second-order valence-corrected chi connectivity index (χ2v) is 19.7. The zero-order chi connectivity index (χ0) is 44.2. The minimum absolute atomic E-state index is 0.145. The number of carbonyl (C=O) groups is 4. The second kappa shape index (κ2) is 18.6. The fraction of sp³-hybridized carbons (Fsp3) is 0.432. The summed E-state index contributed by atoms with van der Waals surface area (Å²) >= 11 is 1.39. The van der Waals surface area contributed by atoms with E-state index in [1.165, 1.54) is 30.6 Å². The van der Waals surface area contributed by atoms with Gasteiger partial charge in [-0.2, -0.15) is 5.10 Å². The van der Waals surface area contributed by atoms with Crippen LogP contribution in [0.4, 0.5) is 15.7 Å². The third-order valence-corrected chi connectivity index (χ3v) is 13.3. The van der Waals surface area contributed by atoms with Gasteiger partial charge in [0.1, 0.15) is 17.1 Å². The molecule has 16 nitrogen and oxygen atoms in total. The van der Waals surface area contributed by atoms with Gasteiger partial charge in [-0.3, -0.25) is 24.4 Å². The standard InChI is InChI=1S/C44H52N8O8S2/c1-28-33(25-45-52(28)26-29-11-6-5-7-12-29)31-17-18-37(47-39(31)41(56)49-62(58,59)24-23-50(22-20-38(53)54)43(57)60-44(2,3)4)51-21-19-30-13-10-14-32(34(30)27-51)40(55)48-42-46-35-15-8-9-16-36(35)61-42/h8-10,13-18,25,29H,5-7,11-12,19-24,26-27H2,1-4H3,(H,49,56)(H,53,54)(H,46,48,55). The summed E-state index contributed by atoms with van der Waals surface area (Å²) < 4.78 is 37.6. The number of thiazole rings is 1. The Balaban J connectivity index is 1.16. The van der Waals surface area contributed by atoms with Crippen molar-refractivity contribution in [1.82, 2.24) is 29.4 Å². The molecule has 2 aliphatic rings. The molecule has 0 radical (unpaired) electrons. The minimum atomic E-state index is -4.41. The van der Waals surface area contributed by atoms with Gasteiger partial charge in [0.2, 0.25) is 10.0 Å². The maximum atomic E-state index is 14.2. The normalized spacial score (nSPS) is 14.6. The second-order valence-electron chi connectivity index (χ2n) is 16.8. The van der Waals surface area contributed by atoms with Gasteiger partial charge in [0.15, 0.2) is 5.13 Å². The molecule has 0 bridgehead atoms. The first-order chi connectivity index (χ1) is 29.5. The number of amides is 3. The van der Waals surface area contributed by atoms with Crippen molar-refractivity contribution in [1.29, 1.82) is 0 Å². The Morgan fingerprint density at radius 3 is 2.47 bits per heavy atom. The van der Waals surface area contributed by atoms with Gasteiger partial charge in [-0.25, -0.2) is 27.9 Å². The van der Waals surface area contributed by atoms with E-state index in [-0.39, 0.29) is 18.1 Å². The highest BCUT2D eigenvalue weighted by Crippen LogP contribution is 2.33. The maximum absolute atomic E-state index is 14.2. The molecule has 1 fully saturated rings. The molecule has 7 rings (SSSR count). The lowest BCUT2D eigenvalue weighted by Gasteiger charge is -2.31. The van der Waals surface area contributed by atoms with Crippen molar-refractivity contribution in [2.75, 3.05) is 35.6 Å². The van der Waals surface area contributed by atoms with Gasteiger partial charge in [0.25, 0.3) is 11.8 Å². The first-order valence-corrected chi connectivity index (χ1v) is 23.3. The lowest BCUT2D eigenvalue weighted by atomic mass is 9.89. The Hall–Kier alpha value is -5.88. The van der Waals surface area contributed by atoms with Crippen LogP contribution >= 0.6 is 11.3 Å². The number of aromatic nitrogens is 4. The van der Waals surface area contributed by atoms with Crippen LogP contribution in [0, 0.1) is 12.8 Å². The van der Waals surface area contributed by atoms with Crippen LogP contribution in [0.3, 0.4) is 0 Å². The third kappa shape index (κ3) is 10.8. The molecule has 3 aromatic heterocycles. The summed E-state index contributed by atoms with van der Waals surface area (Å²) in [5, 5.41) is 17.4. The molecule has 4 heterocycles. The number of carboxylic acid groups (broad SMARTS) is 1. The summed E-state index contributed by atoms with van der Waals surface area (Å²) in [7, 11) is -4.41. The fourth-order valence-electron chi connectivity index (χ4n) is 7.93. The molecule has 1 aliphatic heterocycles. The van der Waals surface area contributed by atoms with Gasteiger partial charge in [-0.15, -0.1) is 0 Å². The number of carboxylic acids is 1. The predicted octanol–water partition coefficient (Wildman–Crippen LogP) is 7.03. The zero-order valence-electron chi connectivity index (χ0n) is 35.3. The lowest BCUT2D eigenvalue weighted by molar-refractivity contribution is -0.137. The van der Waals surface area contributed by atoms with Crippen molar-refractivity contribution in [3.63, 3.8) is 0 Å². The molecule has 0 atom stereocenters. The molecule has 0 unspecified atom stereocenters. The van der Waals surface area contributed by atoms with Gasteiger partial charge in [-0.05, 0) is 94.3 Å². The van der Waals surface area contributed by atoms with E-state index in [1.807, 2.05) is 52.9 Å². The number of para-hydroxylation sites is 1. The van der Waals surface area contributed by atoms with Gasteiger partial charge in [0, 0.05) is 55.1 Å². The summed E-state index contributed by atoms with van der Waals surface area (Å²) in [6, 6.07) is 16.8.